The first-order valence-corrected chi connectivity index (χ1v) is 3.93. The topological polar surface area (TPSA) is 52.5 Å². The molecule has 0 spiro atoms. The zero-order chi connectivity index (χ0) is 5.33. The Hall–Kier alpha value is 0.230. The third kappa shape index (κ3) is 1.31. The van der Waals surface area contributed by atoms with E-state index in [-0.39, 0.29) is 0 Å². The lowest BCUT2D eigenvalue weighted by molar-refractivity contribution is 0.484. The molecule has 7 heavy (non-hydrogen) atoms. The van der Waals surface area contributed by atoms with E-state index >= 15 is 0 Å². The second-order valence-electron chi connectivity index (χ2n) is 1.62. The lowest BCUT2D eigenvalue weighted by Gasteiger charge is -2.24. The van der Waals surface area contributed by atoms with Crippen LogP contribution in [0.5, 0.6) is 0 Å². The summed E-state index contributed by atoms with van der Waals surface area (Å²) in [5.74, 6) is 0.535. The van der Waals surface area contributed by atoms with Crippen molar-refractivity contribution in [3.8, 4) is 0 Å². The number of hydrogen-bond donors (Lipinski definition) is 3. The van der Waals surface area contributed by atoms with Crippen LogP contribution in [0.15, 0.2) is 0 Å². The number of nitrogens with one attached hydrogen (secondary N) is 1. The molecule has 0 atom stereocenters. The van der Waals surface area contributed by atoms with Crippen molar-refractivity contribution in [2.24, 2.45) is 0 Å². The Kier molecular flexibility index (Phi) is 1.25. The number of hydrogen-bond acceptors (Lipinski definition) is 3. The van der Waals surface area contributed by atoms with Crippen molar-refractivity contribution < 1.29 is 9.11 Å². The van der Waals surface area contributed by atoms with Crippen LogP contribution >= 0.6 is 10.8 Å². The summed E-state index contributed by atoms with van der Waals surface area (Å²) in [6.45, 7) is 0.752. The molecule has 0 bridgehead atoms. The highest BCUT2D eigenvalue weighted by atomic mass is 32.3. The molecular formula is C3H9NO2S. The monoisotopic (exact) mass is 123 g/mol. The molecule has 0 radical (unpaired) electrons. The molecule has 0 unspecified atom stereocenters. The van der Waals surface area contributed by atoms with E-state index in [4.69, 9.17) is 9.11 Å². The second-order valence-corrected chi connectivity index (χ2v) is 3.65. The van der Waals surface area contributed by atoms with E-state index in [1.54, 1.807) is 0 Å². The van der Waals surface area contributed by atoms with Crippen molar-refractivity contribution in [2.45, 2.75) is 6.42 Å². The Labute approximate surface area is 44.2 Å². The van der Waals surface area contributed by atoms with Crippen molar-refractivity contribution in [3.63, 3.8) is 0 Å². The quantitative estimate of drug-likeness (QED) is 0.443. The van der Waals surface area contributed by atoms with E-state index in [2.05, 4.69) is 4.72 Å². The zero-order valence-corrected chi connectivity index (χ0v) is 4.74. The molecule has 0 aromatic carbocycles. The maximum Gasteiger partial charge on any atom is 0.0540 e. The fourth-order valence-electron chi connectivity index (χ4n) is 0.581. The van der Waals surface area contributed by atoms with Gasteiger partial charge in [0.25, 0.3) is 0 Å². The first-order valence-electron chi connectivity index (χ1n) is 2.21. The molecule has 1 saturated heterocycles. The second kappa shape index (κ2) is 1.63. The zero-order valence-electron chi connectivity index (χ0n) is 3.92. The molecule has 0 amide bonds. The van der Waals surface area contributed by atoms with E-state index in [1.165, 1.54) is 0 Å². The van der Waals surface area contributed by atoms with Gasteiger partial charge < -0.3 is 0 Å². The average Bonchev–Trinajstić information content (AvgIpc) is 1.84. The van der Waals surface area contributed by atoms with Crippen LogP contribution in [-0.2, 0) is 0 Å². The van der Waals surface area contributed by atoms with Crippen molar-refractivity contribution in [1.29, 1.82) is 0 Å². The smallest absolute Gasteiger partial charge is 0.0540 e. The minimum atomic E-state index is -2.30. The first-order chi connectivity index (χ1) is 3.21. The molecule has 1 aliphatic rings. The molecule has 0 aromatic rings. The molecule has 44 valence electrons. The summed E-state index contributed by atoms with van der Waals surface area (Å²) in [6, 6.07) is 0. The van der Waals surface area contributed by atoms with Crippen LogP contribution in [0.25, 0.3) is 0 Å². The van der Waals surface area contributed by atoms with Gasteiger partial charge in [-0.05, 0) is 6.42 Å². The molecule has 1 rings (SSSR count). The standard InChI is InChI=1S/C3H9NO2S/c5-7(6)3-1-2-4-7/h4-6H,1-3H2. The SMILES string of the molecule is OS1(O)CCCN1. The van der Waals surface area contributed by atoms with Gasteiger partial charge in [-0.25, -0.2) is 4.72 Å². The summed E-state index contributed by atoms with van der Waals surface area (Å²) in [6.07, 6.45) is 0.891. The fourth-order valence-corrected chi connectivity index (χ4v) is 1.74. The van der Waals surface area contributed by atoms with Gasteiger partial charge in [0.1, 0.15) is 0 Å². The molecule has 4 heteroatoms. The van der Waals surface area contributed by atoms with Crippen molar-refractivity contribution in [2.75, 3.05) is 12.3 Å². The van der Waals surface area contributed by atoms with Gasteiger partial charge in [-0.3, -0.25) is 9.11 Å². The molecule has 0 aliphatic carbocycles. The minimum absolute atomic E-state index is 0.535. The minimum Gasteiger partial charge on any atom is -0.286 e. The Balaban J connectivity index is 2.40. The van der Waals surface area contributed by atoms with E-state index < -0.39 is 10.8 Å². The van der Waals surface area contributed by atoms with Crippen LogP contribution in [0.2, 0.25) is 0 Å². The molecule has 1 aliphatic heterocycles. The maximum atomic E-state index is 8.72. The average molecular weight is 123 g/mol. The summed E-state index contributed by atoms with van der Waals surface area (Å²) in [5.41, 5.74) is 0. The van der Waals surface area contributed by atoms with Gasteiger partial charge in [-0.15, -0.1) is 10.8 Å². The van der Waals surface area contributed by atoms with E-state index in [0.717, 1.165) is 13.0 Å². The molecular weight excluding hydrogens is 114 g/mol. The summed E-state index contributed by atoms with van der Waals surface area (Å²) in [7, 11) is -2.30. The van der Waals surface area contributed by atoms with Crippen molar-refractivity contribution in [1.82, 2.24) is 4.72 Å². The van der Waals surface area contributed by atoms with Gasteiger partial charge in [0.05, 0.1) is 5.75 Å². The largest absolute Gasteiger partial charge is 0.286 e. The summed E-state index contributed by atoms with van der Waals surface area (Å²) >= 11 is 0. The Morgan fingerprint density at radius 1 is 1.43 bits per heavy atom. The predicted molar refractivity (Wildman–Crippen MR) is 30.3 cm³/mol. The van der Waals surface area contributed by atoms with Crippen molar-refractivity contribution >= 4 is 10.8 Å². The molecule has 0 aromatic heterocycles. The van der Waals surface area contributed by atoms with Crippen LogP contribution in [0.3, 0.4) is 0 Å². The van der Waals surface area contributed by atoms with Gasteiger partial charge in [0, 0.05) is 6.54 Å². The van der Waals surface area contributed by atoms with Crippen LogP contribution in [0.4, 0.5) is 0 Å². The van der Waals surface area contributed by atoms with Crippen LogP contribution < -0.4 is 4.72 Å². The van der Waals surface area contributed by atoms with E-state index in [9.17, 15) is 0 Å². The lowest BCUT2D eigenvalue weighted by atomic mass is 10.5. The van der Waals surface area contributed by atoms with Gasteiger partial charge in [-0.1, -0.05) is 0 Å². The van der Waals surface area contributed by atoms with Crippen LogP contribution in [0, 0.1) is 0 Å². The molecule has 0 saturated carbocycles. The predicted octanol–water partition coefficient (Wildman–Crippen LogP) is 0.645. The molecule has 3 nitrogen and oxygen atoms in total. The lowest BCUT2D eigenvalue weighted by Crippen LogP contribution is -2.11. The fraction of sp³-hybridized carbons (Fsp3) is 1.00. The van der Waals surface area contributed by atoms with Gasteiger partial charge in [0.2, 0.25) is 0 Å². The van der Waals surface area contributed by atoms with Crippen LogP contribution in [0.1, 0.15) is 6.42 Å². The molecule has 3 N–H and O–H groups in total. The summed E-state index contributed by atoms with van der Waals surface area (Å²) in [4.78, 5) is 0. The Bertz CT molecular complexity index is 67.3. The molecule has 1 fully saturated rings. The Morgan fingerprint density at radius 3 is 2.29 bits per heavy atom. The van der Waals surface area contributed by atoms with Crippen molar-refractivity contribution in [3.05, 3.63) is 0 Å². The van der Waals surface area contributed by atoms with E-state index in [1.807, 2.05) is 0 Å². The normalized spacial score (nSPS) is 32.9. The summed E-state index contributed by atoms with van der Waals surface area (Å²) < 4.78 is 20.0. The number of rotatable bonds is 0. The molecule has 1 heterocycles. The highest BCUT2D eigenvalue weighted by Crippen LogP contribution is 2.37. The highest BCUT2D eigenvalue weighted by molar-refractivity contribution is 8.22. The van der Waals surface area contributed by atoms with Gasteiger partial charge >= 0.3 is 0 Å². The van der Waals surface area contributed by atoms with Gasteiger partial charge in [-0.2, -0.15) is 0 Å². The highest BCUT2D eigenvalue weighted by Gasteiger charge is 2.16. The summed E-state index contributed by atoms with van der Waals surface area (Å²) in [5, 5.41) is 0. The third-order valence-corrected chi connectivity index (χ3v) is 2.46. The Morgan fingerprint density at radius 2 is 2.14 bits per heavy atom. The van der Waals surface area contributed by atoms with Gasteiger partial charge in [0.15, 0.2) is 0 Å². The van der Waals surface area contributed by atoms with E-state index in [0.29, 0.717) is 5.75 Å². The van der Waals surface area contributed by atoms with Crippen LogP contribution in [-0.4, -0.2) is 21.4 Å². The first kappa shape index (κ1) is 5.37. The maximum absolute atomic E-state index is 8.72. The third-order valence-electron chi connectivity index (χ3n) is 0.939.